The Hall–Kier alpha value is -3.41. The largest absolute Gasteiger partial charge is 0.370 e. The van der Waals surface area contributed by atoms with Gasteiger partial charge in [-0.1, -0.05) is 24.3 Å². The summed E-state index contributed by atoms with van der Waals surface area (Å²) in [6, 6.07) is 11.5. The maximum atomic E-state index is 12.5. The van der Waals surface area contributed by atoms with Crippen LogP contribution in [0.1, 0.15) is 11.1 Å². The van der Waals surface area contributed by atoms with Gasteiger partial charge in [-0.05, 0) is 18.2 Å². The van der Waals surface area contributed by atoms with Crippen LogP contribution in [0, 0.1) is 0 Å². The molecule has 1 aromatic carbocycles. The Morgan fingerprint density at radius 2 is 2.00 bits per heavy atom. The van der Waals surface area contributed by atoms with Crippen molar-refractivity contribution in [3.8, 4) is 0 Å². The fourth-order valence-corrected chi connectivity index (χ4v) is 2.61. The van der Waals surface area contributed by atoms with E-state index >= 15 is 0 Å². The van der Waals surface area contributed by atoms with Crippen LogP contribution in [-0.2, 0) is 11.8 Å². The quantitative estimate of drug-likeness (QED) is 0.437. The number of rotatable bonds is 3. The summed E-state index contributed by atoms with van der Waals surface area (Å²) in [7, 11) is 1.96. The average molecular weight is 319 g/mol. The van der Waals surface area contributed by atoms with E-state index < -0.39 is 5.91 Å². The van der Waals surface area contributed by atoms with Crippen LogP contribution in [-0.4, -0.2) is 21.4 Å². The molecular formula is C18H17N5O. The Kier molecular flexibility index (Phi) is 4.11. The van der Waals surface area contributed by atoms with E-state index in [1.165, 1.54) is 0 Å². The third kappa shape index (κ3) is 3.03. The maximum absolute atomic E-state index is 12.5. The molecule has 0 aliphatic heterocycles. The smallest absolute Gasteiger partial charge is 0.280 e. The lowest BCUT2D eigenvalue weighted by Crippen LogP contribution is -2.24. The zero-order valence-electron chi connectivity index (χ0n) is 13.2. The summed E-state index contributed by atoms with van der Waals surface area (Å²) in [5, 5.41) is 1.04. The second-order valence-electron chi connectivity index (χ2n) is 5.35. The van der Waals surface area contributed by atoms with E-state index in [0.717, 1.165) is 16.5 Å². The highest BCUT2D eigenvalue weighted by Crippen LogP contribution is 2.26. The number of benzene rings is 1. The van der Waals surface area contributed by atoms with Crippen LogP contribution in [0.25, 0.3) is 22.6 Å². The molecule has 0 atom stereocenters. The van der Waals surface area contributed by atoms with E-state index in [-0.39, 0.29) is 5.96 Å². The first-order valence-corrected chi connectivity index (χ1v) is 7.36. The molecule has 120 valence electrons. The minimum Gasteiger partial charge on any atom is -0.370 e. The molecule has 2 aromatic heterocycles. The fraction of sp³-hybridized carbons (Fsp3) is 0.0556. The van der Waals surface area contributed by atoms with Crippen LogP contribution in [0.4, 0.5) is 0 Å². The number of carbonyl (C=O) groups excluding carboxylic acids is 1. The first-order chi connectivity index (χ1) is 11.6. The van der Waals surface area contributed by atoms with Crippen molar-refractivity contribution in [2.24, 2.45) is 23.5 Å². The third-order valence-electron chi connectivity index (χ3n) is 3.66. The van der Waals surface area contributed by atoms with Gasteiger partial charge in [0.2, 0.25) is 0 Å². The first-order valence-electron chi connectivity index (χ1n) is 7.36. The number of pyridine rings is 1. The number of fused-ring (bicyclic) bond motifs is 1. The number of aromatic nitrogens is 2. The lowest BCUT2D eigenvalue weighted by molar-refractivity contribution is -0.112. The summed E-state index contributed by atoms with van der Waals surface area (Å²) in [5.74, 6) is -0.774. The Labute approximate surface area is 139 Å². The number of guanidine groups is 1. The summed E-state index contributed by atoms with van der Waals surface area (Å²) in [5.41, 5.74) is 13.7. The fourth-order valence-electron chi connectivity index (χ4n) is 2.61. The molecule has 1 amide bonds. The van der Waals surface area contributed by atoms with E-state index in [2.05, 4.69) is 9.98 Å². The van der Waals surface area contributed by atoms with Gasteiger partial charge in [-0.2, -0.15) is 4.99 Å². The number of hydrogen-bond acceptors (Lipinski definition) is 2. The van der Waals surface area contributed by atoms with Crippen LogP contribution in [0.3, 0.4) is 0 Å². The van der Waals surface area contributed by atoms with Crippen molar-refractivity contribution >= 4 is 34.4 Å². The average Bonchev–Trinajstić information content (AvgIpc) is 2.89. The van der Waals surface area contributed by atoms with Crippen molar-refractivity contribution in [2.45, 2.75) is 0 Å². The van der Waals surface area contributed by atoms with Crippen molar-refractivity contribution < 1.29 is 4.79 Å². The van der Waals surface area contributed by atoms with Crippen LogP contribution in [0.15, 0.2) is 60.0 Å². The molecule has 0 bridgehead atoms. The van der Waals surface area contributed by atoms with Gasteiger partial charge in [0.25, 0.3) is 5.91 Å². The van der Waals surface area contributed by atoms with Gasteiger partial charge in [0.05, 0.1) is 5.57 Å². The summed E-state index contributed by atoms with van der Waals surface area (Å²) in [6.07, 6.45) is 7.00. The highest BCUT2D eigenvalue weighted by atomic mass is 16.1. The summed E-state index contributed by atoms with van der Waals surface area (Å²) in [6.45, 7) is 0. The van der Waals surface area contributed by atoms with Crippen molar-refractivity contribution in [1.82, 2.24) is 9.55 Å². The molecule has 3 rings (SSSR count). The number of hydrogen-bond donors (Lipinski definition) is 2. The molecule has 0 aliphatic rings. The van der Waals surface area contributed by atoms with Crippen LogP contribution in [0.5, 0.6) is 0 Å². The molecule has 0 aliphatic carbocycles. The van der Waals surface area contributed by atoms with Crippen molar-refractivity contribution in [1.29, 1.82) is 0 Å². The summed E-state index contributed by atoms with van der Waals surface area (Å²) >= 11 is 0. The topological polar surface area (TPSA) is 99.3 Å². The van der Waals surface area contributed by atoms with E-state index in [1.807, 2.05) is 42.1 Å². The van der Waals surface area contributed by atoms with Gasteiger partial charge in [0.15, 0.2) is 5.96 Å². The standard InChI is InChI=1S/C18H17N5O/c1-23-11-13(14-6-2-3-7-16(14)23)9-15(17(24)22-18(19)20)12-5-4-8-21-10-12/h2-11H,1H3,(H4,19,20,22,24)/b15-9+. The molecule has 0 radical (unpaired) electrons. The van der Waals surface area contributed by atoms with Crippen LogP contribution < -0.4 is 11.5 Å². The molecule has 4 N–H and O–H groups in total. The molecular weight excluding hydrogens is 302 g/mol. The normalized spacial score (nSPS) is 11.5. The van der Waals surface area contributed by atoms with Gasteiger partial charge in [0.1, 0.15) is 0 Å². The maximum Gasteiger partial charge on any atom is 0.280 e. The highest BCUT2D eigenvalue weighted by Gasteiger charge is 2.14. The number of amides is 1. The third-order valence-corrected chi connectivity index (χ3v) is 3.66. The zero-order chi connectivity index (χ0) is 17.1. The molecule has 0 saturated heterocycles. The van der Waals surface area contributed by atoms with Gasteiger partial charge in [0, 0.05) is 47.7 Å². The number of para-hydroxylation sites is 1. The Bertz CT molecular complexity index is 950. The van der Waals surface area contributed by atoms with E-state index in [1.54, 1.807) is 30.6 Å². The highest BCUT2D eigenvalue weighted by molar-refractivity contribution is 6.27. The Balaban J connectivity index is 2.19. The number of aliphatic imine (C=N–C) groups is 1. The van der Waals surface area contributed by atoms with Crippen LogP contribution in [0.2, 0.25) is 0 Å². The number of carbonyl (C=O) groups is 1. The van der Waals surface area contributed by atoms with E-state index in [4.69, 9.17) is 11.5 Å². The SMILES string of the molecule is Cn1cc(/C=C(/C(=O)N=C(N)N)c2cccnc2)c2ccccc21. The zero-order valence-corrected chi connectivity index (χ0v) is 13.2. The predicted octanol–water partition coefficient (Wildman–Crippen LogP) is 1.91. The molecule has 6 nitrogen and oxygen atoms in total. The second kappa shape index (κ2) is 6.37. The Morgan fingerprint density at radius 1 is 1.21 bits per heavy atom. The number of nitrogens with zero attached hydrogens (tertiary/aromatic N) is 3. The van der Waals surface area contributed by atoms with Gasteiger partial charge in [-0.25, -0.2) is 0 Å². The van der Waals surface area contributed by atoms with E-state index in [0.29, 0.717) is 11.1 Å². The lowest BCUT2D eigenvalue weighted by atomic mass is 10.0. The Morgan fingerprint density at radius 3 is 2.71 bits per heavy atom. The second-order valence-corrected chi connectivity index (χ2v) is 5.35. The molecule has 6 heteroatoms. The molecule has 2 heterocycles. The van der Waals surface area contributed by atoms with Gasteiger partial charge in [-0.15, -0.1) is 0 Å². The predicted molar refractivity (Wildman–Crippen MR) is 95.8 cm³/mol. The number of aryl methyl sites for hydroxylation is 1. The minimum absolute atomic E-state index is 0.271. The van der Waals surface area contributed by atoms with Gasteiger partial charge < -0.3 is 16.0 Å². The molecule has 0 spiro atoms. The van der Waals surface area contributed by atoms with Crippen molar-refractivity contribution in [3.05, 3.63) is 66.1 Å². The summed E-state index contributed by atoms with van der Waals surface area (Å²) < 4.78 is 2.01. The molecule has 0 unspecified atom stereocenters. The molecule has 0 saturated carbocycles. The monoisotopic (exact) mass is 319 g/mol. The molecule has 3 aromatic rings. The molecule has 0 fully saturated rings. The van der Waals surface area contributed by atoms with Gasteiger partial charge in [-0.3, -0.25) is 9.78 Å². The lowest BCUT2D eigenvalue weighted by Gasteiger charge is -2.03. The first kappa shape index (κ1) is 15.5. The number of nitrogens with two attached hydrogens (primary N) is 2. The van der Waals surface area contributed by atoms with Crippen molar-refractivity contribution in [2.75, 3.05) is 0 Å². The van der Waals surface area contributed by atoms with Crippen molar-refractivity contribution in [3.63, 3.8) is 0 Å². The minimum atomic E-state index is -0.504. The van der Waals surface area contributed by atoms with E-state index in [9.17, 15) is 4.79 Å². The molecule has 24 heavy (non-hydrogen) atoms. The van der Waals surface area contributed by atoms with Crippen LogP contribution >= 0.6 is 0 Å². The summed E-state index contributed by atoms with van der Waals surface area (Å²) in [4.78, 5) is 20.2. The van der Waals surface area contributed by atoms with Gasteiger partial charge >= 0.3 is 0 Å².